The molecule has 0 saturated carbocycles. The molecule has 4 nitrogen and oxygen atoms in total. The lowest BCUT2D eigenvalue weighted by Gasteiger charge is -2.07. The second-order valence-electron chi connectivity index (χ2n) is 3.47. The van der Waals surface area contributed by atoms with Gasteiger partial charge in [-0.1, -0.05) is 6.07 Å². The fraction of sp³-hybridized carbons (Fsp3) is 0.364. The van der Waals surface area contributed by atoms with Crippen molar-refractivity contribution in [2.24, 2.45) is 5.92 Å². The lowest BCUT2D eigenvalue weighted by molar-refractivity contribution is 0.443. The zero-order valence-electron chi connectivity index (χ0n) is 8.57. The van der Waals surface area contributed by atoms with E-state index in [1.807, 2.05) is 6.92 Å². The average molecular weight is 206 g/mol. The molecule has 0 heterocycles. The normalized spacial score (nSPS) is 12.0. The Morgan fingerprint density at radius 1 is 1.47 bits per heavy atom. The molecule has 4 heteroatoms. The molecule has 0 spiro atoms. The first-order valence-electron chi connectivity index (χ1n) is 4.74. The molecule has 0 aliphatic heterocycles. The van der Waals surface area contributed by atoms with Crippen molar-refractivity contribution in [1.29, 1.82) is 5.26 Å². The molecule has 80 valence electrons. The van der Waals surface area contributed by atoms with E-state index in [1.54, 1.807) is 6.07 Å². The van der Waals surface area contributed by atoms with Crippen LogP contribution in [0.2, 0.25) is 0 Å². The highest BCUT2D eigenvalue weighted by Crippen LogP contribution is 2.22. The van der Waals surface area contributed by atoms with Gasteiger partial charge in [0, 0.05) is 24.7 Å². The van der Waals surface area contributed by atoms with Crippen molar-refractivity contribution < 1.29 is 10.2 Å². The Hall–Kier alpha value is -1.73. The van der Waals surface area contributed by atoms with Crippen molar-refractivity contribution in [1.82, 2.24) is 5.32 Å². The highest BCUT2D eigenvalue weighted by molar-refractivity contribution is 5.38. The van der Waals surface area contributed by atoms with Gasteiger partial charge in [0.25, 0.3) is 0 Å². The van der Waals surface area contributed by atoms with E-state index in [0.29, 0.717) is 18.7 Å². The van der Waals surface area contributed by atoms with E-state index in [1.165, 1.54) is 12.1 Å². The highest BCUT2D eigenvalue weighted by Gasteiger charge is 2.03. The molecule has 0 aromatic heterocycles. The maximum absolute atomic E-state index is 9.45. The van der Waals surface area contributed by atoms with Gasteiger partial charge in [0.2, 0.25) is 0 Å². The zero-order chi connectivity index (χ0) is 11.3. The Labute approximate surface area is 88.8 Å². The van der Waals surface area contributed by atoms with Crippen LogP contribution in [-0.2, 0) is 6.54 Å². The topological polar surface area (TPSA) is 76.3 Å². The molecule has 0 aliphatic carbocycles. The second-order valence-corrected chi connectivity index (χ2v) is 3.47. The van der Waals surface area contributed by atoms with Gasteiger partial charge in [0.15, 0.2) is 0 Å². The van der Waals surface area contributed by atoms with Gasteiger partial charge in [0.05, 0.1) is 12.0 Å². The van der Waals surface area contributed by atoms with Crippen LogP contribution in [0.1, 0.15) is 12.5 Å². The number of hydrogen-bond donors (Lipinski definition) is 3. The van der Waals surface area contributed by atoms with Crippen LogP contribution in [0.15, 0.2) is 18.2 Å². The third-order valence-electron chi connectivity index (χ3n) is 2.06. The Bertz CT molecular complexity index is 371. The minimum Gasteiger partial charge on any atom is -0.508 e. The predicted octanol–water partition coefficient (Wildman–Crippen LogP) is 1.35. The molecule has 0 radical (unpaired) electrons. The van der Waals surface area contributed by atoms with Crippen LogP contribution in [0.4, 0.5) is 0 Å². The maximum Gasteiger partial charge on any atom is 0.123 e. The Morgan fingerprint density at radius 3 is 2.80 bits per heavy atom. The smallest absolute Gasteiger partial charge is 0.123 e. The largest absolute Gasteiger partial charge is 0.508 e. The first-order valence-corrected chi connectivity index (χ1v) is 4.74. The van der Waals surface area contributed by atoms with Gasteiger partial charge in [-0.15, -0.1) is 0 Å². The van der Waals surface area contributed by atoms with Crippen LogP contribution < -0.4 is 5.32 Å². The number of nitrogens with one attached hydrogen (secondary N) is 1. The molecule has 3 N–H and O–H groups in total. The van der Waals surface area contributed by atoms with Gasteiger partial charge >= 0.3 is 0 Å². The van der Waals surface area contributed by atoms with Crippen molar-refractivity contribution in [3.8, 4) is 17.6 Å². The summed E-state index contributed by atoms with van der Waals surface area (Å²) >= 11 is 0. The Morgan fingerprint density at radius 2 is 2.20 bits per heavy atom. The van der Waals surface area contributed by atoms with Crippen LogP contribution in [-0.4, -0.2) is 16.8 Å². The second kappa shape index (κ2) is 5.23. The Balaban J connectivity index is 2.48. The first-order chi connectivity index (χ1) is 7.13. The van der Waals surface area contributed by atoms with Crippen molar-refractivity contribution in [2.75, 3.05) is 6.54 Å². The molecule has 1 aromatic rings. The summed E-state index contributed by atoms with van der Waals surface area (Å²) in [6, 6.07) is 6.57. The van der Waals surface area contributed by atoms with Crippen molar-refractivity contribution in [2.45, 2.75) is 13.5 Å². The molecule has 0 saturated heterocycles. The number of rotatable bonds is 4. The summed E-state index contributed by atoms with van der Waals surface area (Å²) in [6.45, 7) is 2.89. The Kier molecular flexibility index (Phi) is 3.95. The average Bonchev–Trinajstić information content (AvgIpc) is 2.21. The van der Waals surface area contributed by atoms with E-state index in [4.69, 9.17) is 10.4 Å². The number of nitrogens with zero attached hydrogens (tertiary/aromatic N) is 1. The molecule has 0 bridgehead atoms. The summed E-state index contributed by atoms with van der Waals surface area (Å²) in [4.78, 5) is 0. The fourth-order valence-electron chi connectivity index (χ4n) is 1.17. The number of benzene rings is 1. The highest BCUT2D eigenvalue weighted by atomic mass is 16.3. The minimum atomic E-state index is -0.0516. The van der Waals surface area contributed by atoms with E-state index in [-0.39, 0.29) is 17.4 Å². The lowest BCUT2D eigenvalue weighted by atomic mass is 10.1. The van der Waals surface area contributed by atoms with Crippen LogP contribution in [0.3, 0.4) is 0 Å². The van der Waals surface area contributed by atoms with Crippen molar-refractivity contribution in [3.05, 3.63) is 23.8 Å². The summed E-state index contributed by atoms with van der Waals surface area (Å²) in [6.07, 6.45) is 0. The van der Waals surface area contributed by atoms with E-state index >= 15 is 0 Å². The molecular weight excluding hydrogens is 192 g/mol. The molecular formula is C11H14N2O2. The summed E-state index contributed by atoms with van der Waals surface area (Å²) in [7, 11) is 0. The summed E-state index contributed by atoms with van der Waals surface area (Å²) in [5, 5.41) is 30.1. The summed E-state index contributed by atoms with van der Waals surface area (Å²) in [5.74, 6) is 0.0537. The molecule has 0 amide bonds. The maximum atomic E-state index is 9.45. The van der Waals surface area contributed by atoms with Gasteiger partial charge in [-0.05, 0) is 13.0 Å². The fourth-order valence-corrected chi connectivity index (χ4v) is 1.17. The summed E-state index contributed by atoms with van der Waals surface area (Å²) in [5.41, 5.74) is 0.706. The minimum absolute atomic E-state index is 0.0432. The standard InChI is InChI=1S/C11H14N2O2/c1-8(5-12)6-13-7-9-2-3-10(14)4-11(9)15/h2-4,8,13-15H,6-7H2,1H3. The predicted molar refractivity (Wildman–Crippen MR) is 56.3 cm³/mol. The monoisotopic (exact) mass is 206 g/mol. The van der Waals surface area contributed by atoms with Crippen LogP contribution in [0.5, 0.6) is 11.5 Å². The molecule has 1 rings (SSSR count). The first kappa shape index (κ1) is 11.3. The van der Waals surface area contributed by atoms with Crippen molar-refractivity contribution >= 4 is 0 Å². The van der Waals surface area contributed by atoms with E-state index < -0.39 is 0 Å². The number of phenols is 2. The molecule has 1 atom stereocenters. The summed E-state index contributed by atoms with van der Waals surface area (Å²) < 4.78 is 0. The van der Waals surface area contributed by atoms with E-state index in [2.05, 4.69) is 11.4 Å². The van der Waals surface area contributed by atoms with Gasteiger partial charge < -0.3 is 15.5 Å². The van der Waals surface area contributed by atoms with Gasteiger partial charge in [0.1, 0.15) is 11.5 Å². The van der Waals surface area contributed by atoms with Gasteiger partial charge in [-0.25, -0.2) is 0 Å². The third kappa shape index (κ3) is 3.49. The number of nitriles is 1. The quantitative estimate of drug-likeness (QED) is 0.695. The molecule has 0 aliphatic rings. The molecule has 0 fully saturated rings. The molecule has 1 aromatic carbocycles. The SMILES string of the molecule is CC(C#N)CNCc1ccc(O)cc1O. The van der Waals surface area contributed by atoms with Crippen LogP contribution in [0, 0.1) is 17.2 Å². The van der Waals surface area contributed by atoms with E-state index in [9.17, 15) is 5.11 Å². The van der Waals surface area contributed by atoms with Gasteiger partial charge in [-0.2, -0.15) is 5.26 Å². The third-order valence-corrected chi connectivity index (χ3v) is 2.06. The van der Waals surface area contributed by atoms with E-state index in [0.717, 1.165) is 0 Å². The number of hydrogen-bond acceptors (Lipinski definition) is 4. The van der Waals surface area contributed by atoms with Crippen LogP contribution in [0.25, 0.3) is 0 Å². The van der Waals surface area contributed by atoms with Crippen LogP contribution >= 0.6 is 0 Å². The zero-order valence-corrected chi connectivity index (χ0v) is 8.57. The lowest BCUT2D eigenvalue weighted by Crippen LogP contribution is -2.19. The van der Waals surface area contributed by atoms with Crippen molar-refractivity contribution in [3.63, 3.8) is 0 Å². The molecule has 15 heavy (non-hydrogen) atoms. The van der Waals surface area contributed by atoms with Gasteiger partial charge in [-0.3, -0.25) is 0 Å². The molecule has 1 unspecified atom stereocenters. The number of phenolic OH excluding ortho intramolecular Hbond substituents is 2. The number of aromatic hydroxyl groups is 2.